The highest BCUT2D eigenvalue weighted by Gasteiger charge is 2.17. The van der Waals surface area contributed by atoms with Crippen molar-refractivity contribution < 1.29 is 9.59 Å². The van der Waals surface area contributed by atoms with E-state index in [1.807, 2.05) is 66.7 Å². The largest absolute Gasteiger partial charge is 0.281 e. The molecule has 0 saturated heterocycles. The fourth-order valence-corrected chi connectivity index (χ4v) is 4.94. The molecule has 140 valence electrons. The molecule has 4 aromatic rings. The van der Waals surface area contributed by atoms with Gasteiger partial charge in [0.2, 0.25) is 5.91 Å². The summed E-state index contributed by atoms with van der Waals surface area (Å²) in [6, 6.07) is 21.6. The topological polar surface area (TPSA) is 58.2 Å². The molecule has 1 heterocycles. The first-order chi connectivity index (χ1) is 13.6. The standard InChI is InChI=1S/C21H15ClN2O2S2/c22-19-16-7-3-4-8-17(16)28-20(19)21(26)24-23-18(25)12-27-15-10-9-13-5-1-2-6-14(13)11-15/h1-11H,12H2,(H,23,25)(H,24,26). The summed E-state index contributed by atoms with van der Waals surface area (Å²) in [7, 11) is 0. The monoisotopic (exact) mass is 426 g/mol. The van der Waals surface area contributed by atoms with Gasteiger partial charge in [0.05, 0.1) is 10.8 Å². The minimum Gasteiger partial charge on any atom is -0.272 e. The molecule has 0 aliphatic carbocycles. The molecule has 2 amide bonds. The number of hydrogen-bond donors (Lipinski definition) is 2. The number of rotatable bonds is 4. The van der Waals surface area contributed by atoms with Crippen molar-refractivity contribution in [3.05, 3.63) is 76.6 Å². The maximum absolute atomic E-state index is 12.4. The van der Waals surface area contributed by atoms with E-state index in [0.717, 1.165) is 25.8 Å². The number of amides is 2. The third kappa shape index (κ3) is 3.99. The van der Waals surface area contributed by atoms with Gasteiger partial charge < -0.3 is 0 Å². The SMILES string of the molecule is O=C(CSc1ccc2ccccc2c1)NNC(=O)c1sc2ccccc2c1Cl. The summed E-state index contributed by atoms with van der Waals surface area (Å²) in [5.41, 5.74) is 4.89. The Bertz CT molecular complexity index is 1190. The lowest BCUT2D eigenvalue weighted by molar-refractivity contribution is -0.119. The van der Waals surface area contributed by atoms with Crippen LogP contribution in [0.25, 0.3) is 20.9 Å². The summed E-state index contributed by atoms with van der Waals surface area (Å²) in [5, 5.41) is 3.51. The molecule has 0 unspecified atom stereocenters. The van der Waals surface area contributed by atoms with E-state index in [9.17, 15) is 9.59 Å². The molecule has 2 N–H and O–H groups in total. The van der Waals surface area contributed by atoms with Gasteiger partial charge >= 0.3 is 0 Å². The van der Waals surface area contributed by atoms with Crippen molar-refractivity contribution in [2.45, 2.75) is 4.90 Å². The molecule has 4 rings (SSSR count). The Kier molecular flexibility index (Phi) is 5.52. The fourth-order valence-electron chi connectivity index (χ4n) is 2.79. The summed E-state index contributed by atoms with van der Waals surface area (Å²) in [5.74, 6) is -0.516. The highest BCUT2D eigenvalue weighted by atomic mass is 35.5. The van der Waals surface area contributed by atoms with Crippen molar-refractivity contribution in [3.63, 3.8) is 0 Å². The quantitative estimate of drug-likeness (QED) is 0.345. The number of carbonyl (C=O) groups is 2. The molecular weight excluding hydrogens is 412 g/mol. The van der Waals surface area contributed by atoms with Gasteiger partial charge in [0.15, 0.2) is 0 Å². The van der Waals surface area contributed by atoms with E-state index in [0.29, 0.717) is 9.90 Å². The van der Waals surface area contributed by atoms with E-state index in [-0.39, 0.29) is 11.7 Å². The average molecular weight is 427 g/mol. The number of benzene rings is 3. The highest BCUT2D eigenvalue weighted by molar-refractivity contribution is 8.00. The van der Waals surface area contributed by atoms with Gasteiger partial charge in [0.1, 0.15) is 4.88 Å². The first-order valence-electron chi connectivity index (χ1n) is 8.49. The minimum absolute atomic E-state index is 0.193. The van der Waals surface area contributed by atoms with Crippen LogP contribution in [0.1, 0.15) is 9.67 Å². The molecule has 0 aliphatic heterocycles. The maximum atomic E-state index is 12.4. The molecule has 0 atom stereocenters. The van der Waals surface area contributed by atoms with E-state index in [1.54, 1.807) is 0 Å². The van der Waals surface area contributed by atoms with Crippen molar-refractivity contribution in [1.82, 2.24) is 10.9 Å². The van der Waals surface area contributed by atoms with E-state index in [2.05, 4.69) is 10.9 Å². The van der Waals surface area contributed by atoms with Crippen LogP contribution in [0.2, 0.25) is 5.02 Å². The van der Waals surface area contributed by atoms with Crippen molar-refractivity contribution in [1.29, 1.82) is 0 Å². The predicted molar refractivity (Wildman–Crippen MR) is 117 cm³/mol. The first kappa shape index (κ1) is 18.8. The van der Waals surface area contributed by atoms with Gasteiger partial charge in [-0.15, -0.1) is 23.1 Å². The van der Waals surface area contributed by atoms with E-state index >= 15 is 0 Å². The number of halogens is 1. The second-order valence-electron chi connectivity index (χ2n) is 6.04. The zero-order valence-electron chi connectivity index (χ0n) is 14.6. The lowest BCUT2D eigenvalue weighted by Crippen LogP contribution is -2.42. The van der Waals surface area contributed by atoms with Crippen LogP contribution in [0.5, 0.6) is 0 Å². The van der Waals surface area contributed by atoms with Gasteiger partial charge in [0.25, 0.3) is 5.91 Å². The Morgan fingerprint density at radius 1 is 0.929 bits per heavy atom. The summed E-state index contributed by atoms with van der Waals surface area (Å²) in [6.07, 6.45) is 0. The number of fused-ring (bicyclic) bond motifs is 2. The van der Waals surface area contributed by atoms with E-state index in [4.69, 9.17) is 11.6 Å². The highest BCUT2D eigenvalue weighted by Crippen LogP contribution is 2.34. The molecule has 0 radical (unpaired) electrons. The van der Waals surface area contributed by atoms with Crippen molar-refractivity contribution >= 4 is 67.4 Å². The van der Waals surface area contributed by atoms with E-state index in [1.165, 1.54) is 23.1 Å². The van der Waals surface area contributed by atoms with Crippen LogP contribution in [0.3, 0.4) is 0 Å². The Hall–Kier alpha value is -2.54. The fraction of sp³-hybridized carbons (Fsp3) is 0.0476. The average Bonchev–Trinajstić information content (AvgIpc) is 3.07. The van der Waals surface area contributed by atoms with Crippen molar-refractivity contribution in [3.8, 4) is 0 Å². The summed E-state index contributed by atoms with van der Waals surface area (Å²) < 4.78 is 0.927. The number of hydrogen-bond acceptors (Lipinski definition) is 4. The van der Waals surface area contributed by atoms with Crippen LogP contribution in [0, 0.1) is 0 Å². The minimum atomic E-state index is -0.421. The second-order valence-corrected chi connectivity index (χ2v) is 8.52. The van der Waals surface area contributed by atoms with Crippen LogP contribution < -0.4 is 10.9 Å². The Labute approximate surface area is 174 Å². The van der Waals surface area contributed by atoms with Gasteiger partial charge in [-0.25, -0.2) is 0 Å². The normalized spacial score (nSPS) is 10.9. The zero-order chi connectivity index (χ0) is 19.5. The third-order valence-electron chi connectivity index (χ3n) is 4.15. The van der Waals surface area contributed by atoms with Gasteiger partial charge in [-0.3, -0.25) is 20.4 Å². The summed E-state index contributed by atoms with van der Waals surface area (Å²) in [4.78, 5) is 25.8. The van der Waals surface area contributed by atoms with Crippen LogP contribution in [0.15, 0.2) is 71.6 Å². The molecule has 0 spiro atoms. The Morgan fingerprint density at radius 3 is 2.50 bits per heavy atom. The third-order valence-corrected chi connectivity index (χ3v) is 6.82. The van der Waals surface area contributed by atoms with Crippen LogP contribution in [0.4, 0.5) is 0 Å². The molecule has 0 bridgehead atoms. The number of nitrogens with one attached hydrogen (secondary N) is 2. The molecule has 0 saturated carbocycles. The molecule has 3 aromatic carbocycles. The van der Waals surface area contributed by atoms with Gasteiger partial charge in [-0.1, -0.05) is 60.1 Å². The van der Waals surface area contributed by atoms with Crippen molar-refractivity contribution in [2.75, 3.05) is 5.75 Å². The Balaban J connectivity index is 1.34. The van der Waals surface area contributed by atoms with Gasteiger partial charge in [-0.05, 0) is 29.0 Å². The number of carbonyl (C=O) groups excluding carboxylic acids is 2. The second kappa shape index (κ2) is 8.22. The maximum Gasteiger partial charge on any atom is 0.281 e. The summed E-state index contributed by atoms with van der Waals surface area (Å²) >= 11 is 8.99. The number of thioether (sulfide) groups is 1. The van der Waals surface area contributed by atoms with Gasteiger partial charge in [-0.2, -0.15) is 0 Å². The molecule has 28 heavy (non-hydrogen) atoms. The summed E-state index contributed by atoms with van der Waals surface area (Å²) in [6.45, 7) is 0. The molecule has 1 aromatic heterocycles. The van der Waals surface area contributed by atoms with Crippen LogP contribution in [-0.4, -0.2) is 17.6 Å². The molecule has 4 nitrogen and oxygen atoms in total. The van der Waals surface area contributed by atoms with E-state index < -0.39 is 5.91 Å². The first-order valence-corrected chi connectivity index (χ1v) is 10.7. The number of hydrazine groups is 1. The van der Waals surface area contributed by atoms with Crippen molar-refractivity contribution in [2.24, 2.45) is 0 Å². The lowest BCUT2D eigenvalue weighted by Gasteiger charge is -2.07. The molecular formula is C21H15ClN2O2S2. The predicted octanol–water partition coefficient (Wildman–Crippen LogP) is 5.26. The lowest BCUT2D eigenvalue weighted by atomic mass is 10.1. The smallest absolute Gasteiger partial charge is 0.272 e. The van der Waals surface area contributed by atoms with Gasteiger partial charge in [0, 0.05) is 15.0 Å². The number of thiophene rings is 1. The van der Waals surface area contributed by atoms with Crippen LogP contribution >= 0.6 is 34.7 Å². The van der Waals surface area contributed by atoms with Crippen LogP contribution in [-0.2, 0) is 4.79 Å². The molecule has 0 aliphatic rings. The Morgan fingerprint density at radius 2 is 1.68 bits per heavy atom. The molecule has 7 heteroatoms. The zero-order valence-corrected chi connectivity index (χ0v) is 17.0. The molecule has 0 fully saturated rings.